The van der Waals surface area contributed by atoms with Crippen LogP contribution in [0.2, 0.25) is 0 Å². The number of hydrogen-bond donors (Lipinski definition) is 0. The zero-order valence-electron chi connectivity index (χ0n) is 28.0. The molecule has 0 spiro atoms. The van der Waals surface area contributed by atoms with Crippen LogP contribution >= 0.6 is 0 Å². The third-order valence-corrected chi connectivity index (χ3v) is 6.48. The van der Waals surface area contributed by atoms with Gasteiger partial charge in [0.1, 0.15) is 5.60 Å². The zero-order valence-corrected chi connectivity index (χ0v) is 28.0. The van der Waals surface area contributed by atoms with E-state index in [1.807, 2.05) is 63.9 Å². The van der Waals surface area contributed by atoms with Gasteiger partial charge in [-0.3, -0.25) is 4.99 Å². The molecule has 1 saturated heterocycles. The SMILES string of the molecule is CC.CCCc1cccc(C#N)c1.C\C=C(C)/C(C(/C)=N/C=C/CC)=C(/C)N1CCN(C(=O)OC(C)(C)C)C(C)C1. The van der Waals surface area contributed by atoms with Gasteiger partial charge in [0.05, 0.1) is 11.6 Å². The summed E-state index contributed by atoms with van der Waals surface area (Å²) in [6.07, 6.45) is 9.01. The second kappa shape index (κ2) is 19.7. The summed E-state index contributed by atoms with van der Waals surface area (Å²) in [4.78, 5) is 21.3. The van der Waals surface area contributed by atoms with Crippen molar-refractivity contribution in [1.82, 2.24) is 9.80 Å². The molecule has 1 aliphatic heterocycles. The molecule has 0 N–H and O–H groups in total. The van der Waals surface area contributed by atoms with E-state index in [2.05, 4.69) is 82.6 Å². The van der Waals surface area contributed by atoms with Gasteiger partial charge in [0.25, 0.3) is 0 Å². The number of allylic oxidation sites excluding steroid dienone is 5. The average molecular weight is 565 g/mol. The Morgan fingerprint density at radius 2 is 1.83 bits per heavy atom. The largest absolute Gasteiger partial charge is 0.444 e. The van der Waals surface area contributed by atoms with Gasteiger partial charge >= 0.3 is 6.09 Å². The molecule has 1 fully saturated rings. The van der Waals surface area contributed by atoms with Crippen molar-refractivity contribution in [3.05, 3.63) is 70.6 Å². The van der Waals surface area contributed by atoms with Crippen molar-refractivity contribution in [1.29, 1.82) is 5.26 Å². The maximum atomic E-state index is 12.5. The van der Waals surface area contributed by atoms with Gasteiger partial charge in [-0.1, -0.05) is 58.4 Å². The van der Waals surface area contributed by atoms with Crippen LogP contribution in [0, 0.1) is 11.3 Å². The lowest BCUT2D eigenvalue weighted by Crippen LogP contribution is -2.54. The second-order valence-electron chi connectivity index (χ2n) is 11.0. The summed E-state index contributed by atoms with van der Waals surface area (Å²) in [7, 11) is 0. The van der Waals surface area contributed by atoms with E-state index in [1.54, 1.807) is 0 Å². The van der Waals surface area contributed by atoms with Crippen molar-refractivity contribution in [3.63, 3.8) is 0 Å². The molecule has 0 radical (unpaired) electrons. The number of hydrogen-bond acceptors (Lipinski definition) is 5. The molecule has 0 aliphatic carbocycles. The first kappa shape index (κ1) is 37.7. The van der Waals surface area contributed by atoms with Crippen LogP contribution in [0.4, 0.5) is 4.79 Å². The fourth-order valence-corrected chi connectivity index (χ4v) is 4.41. The lowest BCUT2D eigenvalue weighted by molar-refractivity contribution is 0.00494. The maximum Gasteiger partial charge on any atom is 0.410 e. The first-order valence-corrected chi connectivity index (χ1v) is 15.2. The van der Waals surface area contributed by atoms with Gasteiger partial charge in [0.2, 0.25) is 0 Å². The van der Waals surface area contributed by atoms with Crippen LogP contribution in [0.3, 0.4) is 0 Å². The monoisotopic (exact) mass is 564 g/mol. The van der Waals surface area contributed by atoms with Crippen molar-refractivity contribution in [2.75, 3.05) is 19.6 Å². The summed E-state index contributed by atoms with van der Waals surface area (Å²) in [5.41, 5.74) is 6.16. The molecule has 1 atom stereocenters. The van der Waals surface area contributed by atoms with E-state index >= 15 is 0 Å². The van der Waals surface area contributed by atoms with Crippen LogP contribution in [-0.4, -0.2) is 52.9 Å². The molecule has 6 nitrogen and oxygen atoms in total. The van der Waals surface area contributed by atoms with E-state index in [9.17, 15) is 4.79 Å². The van der Waals surface area contributed by atoms with Gasteiger partial charge in [-0.05, 0) is 91.5 Å². The highest BCUT2D eigenvalue weighted by Crippen LogP contribution is 2.24. The molecule has 1 unspecified atom stereocenters. The summed E-state index contributed by atoms with van der Waals surface area (Å²) in [6, 6.07) is 9.99. The molecule has 1 aromatic carbocycles. The minimum atomic E-state index is -0.473. The number of amides is 1. The quantitative estimate of drug-likeness (QED) is 0.245. The highest BCUT2D eigenvalue weighted by molar-refractivity contribution is 6.02. The van der Waals surface area contributed by atoms with E-state index in [1.165, 1.54) is 22.4 Å². The first-order chi connectivity index (χ1) is 19.4. The topological polar surface area (TPSA) is 68.9 Å². The fraction of sp³-hybridized carbons (Fsp3) is 0.571. The molecule has 6 heteroatoms. The molecule has 0 bridgehead atoms. The standard InChI is InChI=1S/C23H39N3O2.C10H11N.C2H6/c1-10-12-13-24-19(5)21(17(3)11-2)20(6)25-14-15-26(18(4)16-25)22(27)28-23(7,8)9;1-2-4-9-5-3-6-10(7-9)8-11;1-2/h11-13,18H,10,14-16H2,1-9H3;3,5-7H,2,4H2,1H3;1-2H3/b13-12+,17-11-,21-20+,24-19+;;. The van der Waals surface area contributed by atoms with Gasteiger partial charge in [-0.2, -0.15) is 5.26 Å². The third-order valence-electron chi connectivity index (χ3n) is 6.48. The summed E-state index contributed by atoms with van der Waals surface area (Å²) in [6.45, 7) is 26.6. The summed E-state index contributed by atoms with van der Waals surface area (Å²) < 4.78 is 5.56. The first-order valence-electron chi connectivity index (χ1n) is 15.2. The van der Waals surface area contributed by atoms with E-state index in [0.717, 1.165) is 43.6 Å². The molecule has 1 amide bonds. The average Bonchev–Trinajstić information content (AvgIpc) is 2.93. The van der Waals surface area contributed by atoms with Gasteiger partial charge in [-0.15, -0.1) is 0 Å². The van der Waals surface area contributed by atoms with Crippen molar-refractivity contribution < 1.29 is 9.53 Å². The molecule has 41 heavy (non-hydrogen) atoms. The van der Waals surface area contributed by atoms with Gasteiger partial charge in [0, 0.05) is 48.9 Å². The van der Waals surface area contributed by atoms with Crippen LogP contribution in [-0.2, 0) is 11.2 Å². The highest BCUT2D eigenvalue weighted by Gasteiger charge is 2.31. The number of carbonyl (C=O) groups excluding carboxylic acids is 1. The van der Waals surface area contributed by atoms with E-state index in [0.29, 0.717) is 6.54 Å². The molecule has 0 saturated carbocycles. The molecule has 1 aliphatic rings. The lowest BCUT2D eigenvalue weighted by Gasteiger charge is -2.42. The molecule has 1 aromatic rings. The minimum Gasteiger partial charge on any atom is -0.444 e. The second-order valence-corrected chi connectivity index (χ2v) is 11.0. The smallest absolute Gasteiger partial charge is 0.410 e. The Morgan fingerprint density at radius 3 is 2.34 bits per heavy atom. The number of carbonyl (C=O) groups is 1. The van der Waals surface area contributed by atoms with Crippen molar-refractivity contribution in [2.24, 2.45) is 4.99 Å². The number of rotatable bonds is 7. The fourth-order valence-electron chi connectivity index (χ4n) is 4.41. The maximum absolute atomic E-state index is 12.5. The third kappa shape index (κ3) is 13.7. The van der Waals surface area contributed by atoms with Crippen LogP contribution in [0.1, 0.15) is 107 Å². The molecular formula is C35H56N4O2. The molecule has 2 rings (SSSR count). The number of aliphatic imine (C=N–C) groups is 1. The Kier molecular flexibility index (Phi) is 18.1. The van der Waals surface area contributed by atoms with Gasteiger partial charge < -0.3 is 14.5 Å². The predicted octanol–water partition coefficient (Wildman–Crippen LogP) is 9.09. The summed E-state index contributed by atoms with van der Waals surface area (Å²) in [5.74, 6) is 0. The Balaban J connectivity index is 0.00000102. The summed E-state index contributed by atoms with van der Waals surface area (Å²) in [5, 5.41) is 8.58. The zero-order chi connectivity index (χ0) is 31.6. The van der Waals surface area contributed by atoms with Crippen LogP contribution in [0.15, 0.2) is 64.5 Å². The van der Waals surface area contributed by atoms with Crippen LogP contribution in [0.25, 0.3) is 0 Å². The highest BCUT2D eigenvalue weighted by atomic mass is 16.6. The Labute approximate surface area is 251 Å². The van der Waals surface area contributed by atoms with Crippen molar-refractivity contribution in [2.45, 2.75) is 114 Å². The van der Waals surface area contributed by atoms with Crippen molar-refractivity contribution in [3.8, 4) is 6.07 Å². The number of ether oxygens (including phenoxy) is 1. The Bertz CT molecular complexity index is 1100. The van der Waals surface area contributed by atoms with Gasteiger partial charge in [-0.25, -0.2) is 4.79 Å². The van der Waals surface area contributed by atoms with Crippen LogP contribution < -0.4 is 0 Å². The minimum absolute atomic E-state index is 0.0861. The molecule has 0 aromatic heterocycles. The normalized spacial score (nSPS) is 16.6. The predicted molar refractivity (Wildman–Crippen MR) is 175 cm³/mol. The Hall–Kier alpha value is -3.33. The van der Waals surface area contributed by atoms with E-state index < -0.39 is 5.60 Å². The molecule has 228 valence electrons. The van der Waals surface area contributed by atoms with E-state index in [-0.39, 0.29) is 12.1 Å². The van der Waals surface area contributed by atoms with Crippen LogP contribution in [0.5, 0.6) is 0 Å². The van der Waals surface area contributed by atoms with Crippen molar-refractivity contribution >= 4 is 11.8 Å². The number of aryl methyl sites for hydroxylation is 1. The summed E-state index contributed by atoms with van der Waals surface area (Å²) >= 11 is 0. The Morgan fingerprint density at radius 1 is 1.17 bits per heavy atom. The lowest BCUT2D eigenvalue weighted by atomic mass is 9.99. The number of benzene rings is 1. The number of nitriles is 1. The van der Waals surface area contributed by atoms with E-state index in [4.69, 9.17) is 10.00 Å². The number of piperazine rings is 1. The van der Waals surface area contributed by atoms with Gasteiger partial charge in [0.15, 0.2) is 0 Å². The molecule has 1 heterocycles. The number of nitrogens with zero attached hydrogens (tertiary/aromatic N) is 4. The molecular weight excluding hydrogens is 508 g/mol.